The number of hydrogen-bond donors (Lipinski definition) is 1. The minimum atomic E-state index is 0.131. The van der Waals surface area contributed by atoms with Gasteiger partial charge in [-0.2, -0.15) is 0 Å². The maximum Gasteiger partial charge on any atom is 0.223 e. The average Bonchev–Trinajstić information content (AvgIpc) is 3.06. The number of para-hydroxylation sites is 2. The maximum absolute atomic E-state index is 12.2. The fraction of sp³-hybridized carbons (Fsp3) is 0.667. The molecule has 1 aromatic carbocycles. The van der Waals surface area contributed by atoms with Crippen molar-refractivity contribution in [3.8, 4) is 0 Å². The lowest BCUT2D eigenvalue weighted by Crippen LogP contribution is -2.32. The number of benzene rings is 1. The molecule has 0 aliphatic carbocycles. The lowest BCUT2D eigenvalue weighted by Gasteiger charge is -2.13. The molecule has 0 saturated heterocycles. The molecule has 2 aromatic rings. The zero-order valence-corrected chi connectivity index (χ0v) is 18.2. The minimum Gasteiger partial charge on any atom is -0.355 e. The third-order valence-electron chi connectivity index (χ3n) is 5.72. The molecule has 0 aliphatic rings. The number of aromatic nitrogens is 2. The number of nitrogens with one attached hydrogen (secondary N) is 1. The first-order valence-corrected chi connectivity index (χ1v) is 11.4. The molecule has 4 nitrogen and oxygen atoms in total. The molecule has 28 heavy (non-hydrogen) atoms. The van der Waals surface area contributed by atoms with E-state index in [4.69, 9.17) is 4.98 Å². The van der Waals surface area contributed by atoms with Gasteiger partial charge >= 0.3 is 0 Å². The normalized spacial score (nSPS) is 11.4. The molecule has 0 saturated carbocycles. The van der Waals surface area contributed by atoms with E-state index in [2.05, 4.69) is 48.9 Å². The fourth-order valence-corrected chi connectivity index (χ4v) is 3.89. The minimum absolute atomic E-state index is 0.131. The van der Waals surface area contributed by atoms with E-state index in [1.807, 2.05) is 6.07 Å². The summed E-state index contributed by atoms with van der Waals surface area (Å²) in [7, 11) is 0. The van der Waals surface area contributed by atoms with Crippen LogP contribution in [0.1, 0.15) is 84.4 Å². The fourth-order valence-electron chi connectivity index (χ4n) is 3.89. The van der Waals surface area contributed by atoms with Gasteiger partial charge in [-0.3, -0.25) is 4.79 Å². The van der Waals surface area contributed by atoms with Crippen molar-refractivity contribution in [2.45, 2.75) is 91.5 Å². The smallest absolute Gasteiger partial charge is 0.223 e. The molecular weight excluding hydrogens is 346 g/mol. The number of rotatable bonds is 14. The van der Waals surface area contributed by atoms with E-state index in [1.54, 1.807) is 0 Å². The number of unbranched alkanes of at least 4 members (excludes halogenated alkanes) is 6. The number of amides is 1. The van der Waals surface area contributed by atoms with Gasteiger partial charge in [-0.25, -0.2) is 4.98 Å². The van der Waals surface area contributed by atoms with E-state index in [0.717, 1.165) is 37.1 Å². The summed E-state index contributed by atoms with van der Waals surface area (Å²) < 4.78 is 2.37. The van der Waals surface area contributed by atoms with Crippen molar-refractivity contribution in [1.82, 2.24) is 14.9 Å². The van der Waals surface area contributed by atoms with Crippen LogP contribution in [0.15, 0.2) is 24.3 Å². The average molecular weight is 386 g/mol. The van der Waals surface area contributed by atoms with Crippen LogP contribution in [0.25, 0.3) is 11.0 Å². The number of fused-ring (bicyclic) bond motifs is 1. The summed E-state index contributed by atoms with van der Waals surface area (Å²) in [4.78, 5) is 17.1. The molecule has 156 valence electrons. The van der Waals surface area contributed by atoms with Crippen LogP contribution in [0.3, 0.4) is 0 Å². The molecule has 0 spiro atoms. The first kappa shape index (κ1) is 22.4. The standard InChI is InChI=1S/C24H39N3O/c1-4-7-8-9-10-11-14-19-27-22-16-13-12-15-21(22)26-23(27)17-18-25-24(28)20(5-2)6-3/h12-13,15-16,20H,4-11,14,17-19H2,1-3H3,(H,25,28). The molecule has 0 bridgehead atoms. The summed E-state index contributed by atoms with van der Waals surface area (Å²) in [6.45, 7) is 8.10. The second-order valence-electron chi connectivity index (χ2n) is 7.84. The van der Waals surface area contributed by atoms with Gasteiger partial charge in [-0.1, -0.05) is 71.4 Å². The number of hydrogen-bond acceptors (Lipinski definition) is 2. The Hall–Kier alpha value is -1.84. The first-order valence-electron chi connectivity index (χ1n) is 11.4. The highest BCUT2D eigenvalue weighted by atomic mass is 16.1. The SMILES string of the molecule is CCCCCCCCCn1c(CCNC(=O)C(CC)CC)nc2ccccc21. The van der Waals surface area contributed by atoms with Crippen LogP contribution < -0.4 is 5.32 Å². The van der Waals surface area contributed by atoms with Crippen LogP contribution in [0.4, 0.5) is 0 Å². The Bertz CT molecular complexity index is 703. The van der Waals surface area contributed by atoms with Gasteiger partial charge in [0.1, 0.15) is 5.82 Å². The molecule has 0 aliphatic heterocycles. The molecule has 1 aromatic heterocycles. The second-order valence-corrected chi connectivity index (χ2v) is 7.84. The largest absolute Gasteiger partial charge is 0.355 e. The lowest BCUT2D eigenvalue weighted by molar-refractivity contribution is -0.125. The van der Waals surface area contributed by atoms with E-state index >= 15 is 0 Å². The summed E-state index contributed by atoms with van der Waals surface area (Å²) in [5.41, 5.74) is 2.28. The third kappa shape index (κ3) is 6.65. The molecule has 0 fully saturated rings. The molecule has 1 N–H and O–H groups in total. The third-order valence-corrected chi connectivity index (χ3v) is 5.72. The molecule has 0 atom stereocenters. The van der Waals surface area contributed by atoms with E-state index in [1.165, 1.54) is 50.5 Å². The Labute approximate surface area is 171 Å². The van der Waals surface area contributed by atoms with Crippen molar-refractivity contribution in [3.05, 3.63) is 30.1 Å². The number of carbonyl (C=O) groups excluding carboxylic acids is 1. The summed E-state index contributed by atoms with van der Waals surface area (Å²) in [5.74, 6) is 1.41. The van der Waals surface area contributed by atoms with Crippen molar-refractivity contribution >= 4 is 16.9 Å². The lowest BCUT2D eigenvalue weighted by atomic mass is 10.0. The summed E-state index contributed by atoms with van der Waals surface area (Å²) in [6.07, 6.45) is 11.8. The Morgan fingerprint density at radius 2 is 1.68 bits per heavy atom. The van der Waals surface area contributed by atoms with E-state index in [0.29, 0.717) is 6.54 Å². The molecule has 0 unspecified atom stereocenters. The summed E-state index contributed by atoms with van der Waals surface area (Å²) >= 11 is 0. The van der Waals surface area contributed by atoms with Crippen molar-refractivity contribution < 1.29 is 4.79 Å². The highest BCUT2D eigenvalue weighted by Gasteiger charge is 2.14. The van der Waals surface area contributed by atoms with Gasteiger partial charge in [-0.05, 0) is 31.4 Å². The van der Waals surface area contributed by atoms with Gasteiger partial charge in [-0.15, -0.1) is 0 Å². The van der Waals surface area contributed by atoms with Gasteiger partial charge in [0, 0.05) is 25.4 Å². The van der Waals surface area contributed by atoms with Crippen LogP contribution >= 0.6 is 0 Å². The molecular formula is C24H39N3O. The van der Waals surface area contributed by atoms with Crippen molar-refractivity contribution in [2.24, 2.45) is 5.92 Å². The van der Waals surface area contributed by atoms with Crippen molar-refractivity contribution in [2.75, 3.05) is 6.54 Å². The second kappa shape index (κ2) is 12.6. The Morgan fingerprint density at radius 1 is 1.00 bits per heavy atom. The monoisotopic (exact) mass is 385 g/mol. The van der Waals surface area contributed by atoms with Crippen LogP contribution in [0.2, 0.25) is 0 Å². The van der Waals surface area contributed by atoms with E-state index in [-0.39, 0.29) is 11.8 Å². The first-order chi connectivity index (χ1) is 13.7. The van der Waals surface area contributed by atoms with Crippen LogP contribution in [0.5, 0.6) is 0 Å². The van der Waals surface area contributed by atoms with Crippen LogP contribution in [-0.4, -0.2) is 22.0 Å². The molecule has 4 heteroatoms. The van der Waals surface area contributed by atoms with Gasteiger partial charge in [0.25, 0.3) is 0 Å². The zero-order valence-electron chi connectivity index (χ0n) is 18.2. The number of aryl methyl sites for hydroxylation is 1. The maximum atomic E-state index is 12.2. The Morgan fingerprint density at radius 3 is 2.39 bits per heavy atom. The summed E-state index contributed by atoms with van der Waals surface area (Å²) in [5, 5.41) is 3.11. The molecule has 2 rings (SSSR count). The molecule has 1 heterocycles. The van der Waals surface area contributed by atoms with Crippen molar-refractivity contribution in [1.29, 1.82) is 0 Å². The molecule has 1 amide bonds. The van der Waals surface area contributed by atoms with Crippen molar-refractivity contribution in [3.63, 3.8) is 0 Å². The van der Waals surface area contributed by atoms with E-state index in [9.17, 15) is 4.79 Å². The Kier molecular flexibility index (Phi) is 10.1. The Balaban J connectivity index is 1.91. The van der Waals surface area contributed by atoms with Crippen LogP contribution in [0, 0.1) is 5.92 Å². The van der Waals surface area contributed by atoms with E-state index < -0.39 is 0 Å². The van der Waals surface area contributed by atoms with Gasteiger partial charge in [0.15, 0.2) is 0 Å². The highest BCUT2D eigenvalue weighted by molar-refractivity contribution is 5.78. The van der Waals surface area contributed by atoms with Crippen LogP contribution in [-0.2, 0) is 17.8 Å². The topological polar surface area (TPSA) is 46.9 Å². The van der Waals surface area contributed by atoms with Gasteiger partial charge < -0.3 is 9.88 Å². The number of nitrogens with zero attached hydrogens (tertiary/aromatic N) is 2. The zero-order chi connectivity index (χ0) is 20.2. The van der Waals surface area contributed by atoms with Gasteiger partial charge in [0.2, 0.25) is 5.91 Å². The molecule has 0 radical (unpaired) electrons. The summed E-state index contributed by atoms with van der Waals surface area (Å²) in [6, 6.07) is 8.38. The van der Waals surface area contributed by atoms with Gasteiger partial charge in [0.05, 0.1) is 11.0 Å². The number of carbonyl (C=O) groups is 1. The predicted octanol–water partition coefficient (Wildman–Crippen LogP) is 5.88. The highest BCUT2D eigenvalue weighted by Crippen LogP contribution is 2.18. The quantitative estimate of drug-likeness (QED) is 0.413. The predicted molar refractivity (Wildman–Crippen MR) is 119 cm³/mol. The number of imidazole rings is 1.